The Morgan fingerprint density at radius 3 is 2.06 bits per heavy atom. The number of thiol groups is 1. The van der Waals surface area contributed by atoms with Crippen molar-refractivity contribution in [2.45, 2.75) is 44.8 Å². The van der Waals surface area contributed by atoms with Crippen LogP contribution in [0.25, 0.3) is 0 Å². The second-order valence-corrected chi connectivity index (χ2v) is 7.26. The van der Waals surface area contributed by atoms with Crippen LogP contribution < -0.4 is 5.30 Å². The number of hydrogen-bond acceptors (Lipinski definition) is 4. The molecule has 0 saturated heterocycles. The number of benzene rings is 1. The third kappa shape index (κ3) is 4.29. The maximum Gasteiger partial charge on any atom is 0.362 e. The Balaban J connectivity index is 3.21. The molecule has 0 bridgehead atoms. The largest absolute Gasteiger partial charge is 0.362 e. The van der Waals surface area contributed by atoms with Crippen molar-refractivity contribution < 1.29 is 13.6 Å². The van der Waals surface area contributed by atoms with Crippen molar-refractivity contribution in [3.8, 4) is 0 Å². The lowest BCUT2D eigenvalue weighted by molar-refractivity contribution is 0.150. The average Bonchev–Trinajstić information content (AvgIpc) is 2.13. The molecule has 3 nitrogen and oxygen atoms in total. The topological polar surface area (TPSA) is 35.5 Å². The van der Waals surface area contributed by atoms with Crippen molar-refractivity contribution in [3.05, 3.63) is 23.2 Å². The van der Waals surface area contributed by atoms with E-state index in [1.165, 1.54) is 0 Å². The van der Waals surface area contributed by atoms with E-state index >= 15 is 0 Å². The Kier molecular flexibility index (Phi) is 5.75. The second kappa shape index (κ2) is 6.44. The summed E-state index contributed by atoms with van der Waals surface area (Å²) in [5.74, 6) is 0. The summed E-state index contributed by atoms with van der Waals surface area (Å²) in [7, 11) is -3.38. The summed E-state index contributed by atoms with van der Waals surface area (Å²) >= 11 is 10.1. The summed E-state index contributed by atoms with van der Waals surface area (Å²) in [6.45, 7) is 7.24. The lowest BCUT2D eigenvalue weighted by atomic mass is 10.4. The monoisotopic (exact) mass is 308 g/mol. The molecule has 1 rings (SSSR count). The van der Waals surface area contributed by atoms with Crippen LogP contribution >= 0.6 is 31.8 Å². The van der Waals surface area contributed by atoms with Gasteiger partial charge in [-0.2, -0.15) is 0 Å². The van der Waals surface area contributed by atoms with Gasteiger partial charge in [-0.3, -0.25) is 4.57 Å². The van der Waals surface area contributed by atoms with E-state index < -0.39 is 7.60 Å². The third-order valence-electron chi connectivity index (χ3n) is 1.93. The summed E-state index contributed by atoms with van der Waals surface area (Å²) in [6, 6.07) is 4.91. The van der Waals surface area contributed by atoms with Gasteiger partial charge in [0.05, 0.1) is 17.5 Å². The molecule has 1 aromatic rings. The Morgan fingerprint density at radius 1 is 1.17 bits per heavy atom. The first-order valence-electron chi connectivity index (χ1n) is 5.70. The molecular weight excluding hydrogens is 291 g/mol. The molecule has 0 aliphatic heterocycles. The highest BCUT2D eigenvalue weighted by Crippen LogP contribution is 2.50. The summed E-state index contributed by atoms with van der Waals surface area (Å²) in [4.78, 5) is 0.507. The van der Waals surface area contributed by atoms with Crippen LogP contribution in [0.5, 0.6) is 0 Å². The predicted octanol–water partition coefficient (Wildman–Crippen LogP) is 4.30. The molecule has 0 aliphatic rings. The summed E-state index contributed by atoms with van der Waals surface area (Å²) < 4.78 is 23.8. The van der Waals surface area contributed by atoms with Crippen molar-refractivity contribution in [2.24, 2.45) is 0 Å². The quantitative estimate of drug-likeness (QED) is 0.651. The van der Waals surface area contributed by atoms with E-state index in [4.69, 9.17) is 20.6 Å². The van der Waals surface area contributed by atoms with Gasteiger partial charge in [0.1, 0.15) is 0 Å². The fourth-order valence-corrected chi connectivity index (χ4v) is 4.24. The van der Waals surface area contributed by atoms with Crippen molar-refractivity contribution >= 4 is 37.1 Å². The smallest absolute Gasteiger partial charge is 0.302 e. The third-order valence-corrected chi connectivity index (χ3v) is 5.09. The van der Waals surface area contributed by atoms with Gasteiger partial charge in [0, 0.05) is 9.92 Å². The van der Waals surface area contributed by atoms with Gasteiger partial charge in [0.15, 0.2) is 0 Å². The van der Waals surface area contributed by atoms with Gasteiger partial charge in [0.2, 0.25) is 0 Å². The summed E-state index contributed by atoms with van der Waals surface area (Å²) in [5, 5.41) is 0.974. The minimum atomic E-state index is -3.38. The van der Waals surface area contributed by atoms with Crippen LogP contribution in [0.3, 0.4) is 0 Å². The van der Waals surface area contributed by atoms with E-state index in [0.717, 1.165) is 0 Å². The second-order valence-electron chi connectivity index (χ2n) is 4.44. The zero-order valence-corrected chi connectivity index (χ0v) is 13.4. The van der Waals surface area contributed by atoms with E-state index in [9.17, 15) is 4.57 Å². The van der Waals surface area contributed by atoms with Gasteiger partial charge in [-0.1, -0.05) is 11.6 Å². The molecule has 0 aromatic heterocycles. The lowest BCUT2D eigenvalue weighted by Crippen LogP contribution is -2.18. The van der Waals surface area contributed by atoms with Crippen molar-refractivity contribution in [1.29, 1.82) is 0 Å². The van der Waals surface area contributed by atoms with E-state index in [1.54, 1.807) is 18.2 Å². The molecule has 1 aromatic carbocycles. The van der Waals surface area contributed by atoms with Crippen LogP contribution in [0.2, 0.25) is 5.02 Å². The number of hydrogen-bond donors (Lipinski definition) is 1. The molecule has 0 atom stereocenters. The molecular formula is C12H18ClO3PS. The van der Waals surface area contributed by atoms with Gasteiger partial charge in [-0.15, -0.1) is 12.6 Å². The van der Waals surface area contributed by atoms with Crippen LogP contribution in [-0.2, 0) is 13.6 Å². The molecule has 0 heterocycles. The van der Waals surface area contributed by atoms with Crippen LogP contribution in [-0.4, -0.2) is 12.2 Å². The minimum Gasteiger partial charge on any atom is -0.302 e. The van der Waals surface area contributed by atoms with Gasteiger partial charge in [-0.05, 0) is 45.9 Å². The van der Waals surface area contributed by atoms with Crippen LogP contribution in [0.15, 0.2) is 23.1 Å². The molecule has 0 radical (unpaired) electrons. The predicted molar refractivity (Wildman–Crippen MR) is 78.4 cm³/mol. The SMILES string of the molecule is CC(C)OP(=O)(OC(C)C)c1ccc(Cl)cc1S. The first-order valence-corrected chi connectivity index (χ1v) is 8.07. The molecule has 0 saturated carbocycles. The fourth-order valence-electron chi connectivity index (χ4n) is 1.42. The Morgan fingerprint density at radius 2 is 1.67 bits per heavy atom. The van der Waals surface area contributed by atoms with Gasteiger partial charge in [-0.25, -0.2) is 0 Å². The molecule has 0 unspecified atom stereocenters. The maximum absolute atomic E-state index is 12.8. The van der Waals surface area contributed by atoms with E-state index in [0.29, 0.717) is 15.2 Å². The number of halogens is 1. The molecule has 6 heteroatoms. The van der Waals surface area contributed by atoms with Gasteiger partial charge < -0.3 is 9.05 Å². The van der Waals surface area contributed by atoms with E-state index in [2.05, 4.69) is 12.6 Å². The Bertz CT molecular complexity index is 449. The zero-order chi connectivity index (χ0) is 13.9. The first-order chi connectivity index (χ1) is 8.24. The highest BCUT2D eigenvalue weighted by molar-refractivity contribution is 7.81. The minimum absolute atomic E-state index is 0.210. The van der Waals surface area contributed by atoms with Crippen LogP contribution in [0.4, 0.5) is 0 Å². The zero-order valence-electron chi connectivity index (χ0n) is 10.9. The van der Waals surface area contributed by atoms with Crippen molar-refractivity contribution in [2.75, 3.05) is 0 Å². The number of rotatable bonds is 5. The van der Waals surface area contributed by atoms with Crippen LogP contribution in [0.1, 0.15) is 27.7 Å². The molecule has 0 spiro atoms. The highest BCUT2D eigenvalue weighted by Gasteiger charge is 2.32. The molecule has 102 valence electrons. The molecule has 0 N–H and O–H groups in total. The van der Waals surface area contributed by atoms with Gasteiger partial charge in [0.25, 0.3) is 0 Å². The van der Waals surface area contributed by atoms with E-state index in [-0.39, 0.29) is 12.2 Å². The summed E-state index contributed by atoms with van der Waals surface area (Å²) in [6.07, 6.45) is -0.420. The lowest BCUT2D eigenvalue weighted by Gasteiger charge is -2.23. The van der Waals surface area contributed by atoms with Crippen LogP contribution in [0, 0.1) is 0 Å². The molecule has 0 fully saturated rings. The average molecular weight is 309 g/mol. The van der Waals surface area contributed by atoms with E-state index in [1.807, 2.05) is 27.7 Å². The van der Waals surface area contributed by atoms with Gasteiger partial charge >= 0.3 is 7.60 Å². The highest BCUT2D eigenvalue weighted by atomic mass is 35.5. The molecule has 18 heavy (non-hydrogen) atoms. The maximum atomic E-state index is 12.8. The Hall–Kier alpha value is 0.01000. The fraction of sp³-hybridized carbons (Fsp3) is 0.500. The Labute approximate surface area is 119 Å². The first kappa shape index (κ1) is 16.1. The molecule has 0 aliphatic carbocycles. The standard InChI is InChI=1S/C12H18ClO3PS/c1-8(2)15-17(14,16-9(3)4)11-6-5-10(13)7-12(11)18/h5-9,18H,1-4H3. The van der Waals surface area contributed by atoms with Crippen molar-refractivity contribution in [3.63, 3.8) is 0 Å². The normalized spacial score (nSPS) is 12.4. The summed E-state index contributed by atoms with van der Waals surface area (Å²) in [5.41, 5.74) is 0. The molecule has 0 amide bonds. The van der Waals surface area contributed by atoms with Crippen molar-refractivity contribution in [1.82, 2.24) is 0 Å².